The van der Waals surface area contributed by atoms with Crippen LogP contribution >= 0.6 is 0 Å². The van der Waals surface area contributed by atoms with E-state index >= 15 is 0 Å². The highest BCUT2D eigenvalue weighted by Crippen LogP contribution is 2.12. The fourth-order valence-electron chi connectivity index (χ4n) is 2.44. The predicted octanol–water partition coefficient (Wildman–Crippen LogP) is 1.55. The average molecular weight is 312 g/mol. The number of hydrogen-bond donors (Lipinski definition) is 1. The van der Waals surface area contributed by atoms with Gasteiger partial charge in [-0.2, -0.15) is 0 Å². The maximum atomic E-state index is 12.4. The lowest BCUT2D eigenvalue weighted by Gasteiger charge is -2.27. The molecule has 1 amide bonds. The lowest BCUT2D eigenvalue weighted by atomic mass is 10.2. The summed E-state index contributed by atoms with van der Waals surface area (Å²) >= 11 is 0. The number of rotatable bonds is 4. The zero-order chi connectivity index (χ0) is 16.1. The van der Waals surface area contributed by atoms with Crippen LogP contribution in [0.2, 0.25) is 0 Å². The maximum Gasteiger partial charge on any atom is 0.270 e. The molecule has 1 aliphatic heterocycles. The minimum atomic E-state index is -0.186. The van der Waals surface area contributed by atoms with Gasteiger partial charge in [0.25, 0.3) is 5.91 Å². The van der Waals surface area contributed by atoms with Crippen LogP contribution in [-0.2, 0) is 11.3 Å². The summed E-state index contributed by atoms with van der Waals surface area (Å²) in [6.07, 6.45) is 0. The Labute approximate surface area is 135 Å². The van der Waals surface area contributed by atoms with E-state index in [2.05, 4.69) is 15.3 Å². The minimum Gasteiger partial charge on any atom is -0.378 e. The fourth-order valence-corrected chi connectivity index (χ4v) is 2.44. The lowest BCUT2D eigenvalue weighted by molar-refractivity contribution is 0.0945. The summed E-state index contributed by atoms with van der Waals surface area (Å²) in [7, 11) is 0. The third-order valence-electron chi connectivity index (χ3n) is 3.66. The van der Waals surface area contributed by atoms with Crippen molar-refractivity contribution in [2.75, 3.05) is 31.2 Å². The first kappa shape index (κ1) is 15.4. The summed E-state index contributed by atoms with van der Waals surface area (Å²) in [5.41, 5.74) is 2.24. The molecule has 0 unspecified atom stereocenters. The van der Waals surface area contributed by atoms with E-state index in [9.17, 15) is 4.79 Å². The largest absolute Gasteiger partial charge is 0.378 e. The molecule has 0 saturated carbocycles. The highest BCUT2D eigenvalue weighted by Gasteiger charge is 2.17. The van der Waals surface area contributed by atoms with E-state index < -0.39 is 0 Å². The molecule has 1 aliphatic rings. The van der Waals surface area contributed by atoms with Crippen molar-refractivity contribution in [3.8, 4) is 0 Å². The molecular formula is C17H20N4O2. The van der Waals surface area contributed by atoms with Gasteiger partial charge in [0.2, 0.25) is 5.95 Å². The number of aryl methyl sites for hydroxylation is 1. The molecule has 2 heterocycles. The van der Waals surface area contributed by atoms with Crippen molar-refractivity contribution in [3.63, 3.8) is 0 Å². The first-order chi connectivity index (χ1) is 11.2. The van der Waals surface area contributed by atoms with Crippen LogP contribution < -0.4 is 10.2 Å². The third kappa shape index (κ3) is 4.04. The van der Waals surface area contributed by atoms with Crippen molar-refractivity contribution in [2.45, 2.75) is 13.5 Å². The number of carbonyl (C=O) groups excluding carboxylic acids is 1. The van der Waals surface area contributed by atoms with E-state index in [0.717, 1.165) is 24.3 Å². The van der Waals surface area contributed by atoms with Gasteiger partial charge in [-0.25, -0.2) is 9.97 Å². The fraction of sp³-hybridized carbons (Fsp3) is 0.353. The van der Waals surface area contributed by atoms with Crippen LogP contribution in [-0.4, -0.2) is 42.2 Å². The van der Waals surface area contributed by atoms with Crippen molar-refractivity contribution in [3.05, 3.63) is 53.3 Å². The van der Waals surface area contributed by atoms with Crippen LogP contribution in [0.3, 0.4) is 0 Å². The Bertz CT molecular complexity index is 670. The van der Waals surface area contributed by atoms with Crippen LogP contribution in [0.5, 0.6) is 0 Å². The molecule has 6 nitrogen and oxygen atoms in total. The van der Waals surface area contributed by atoms with Crippen LogP contribution in [0.15, 0.2) is 36.4 Å². The Balaban J connectivity index is 1.71. The van der Waals surface area contributed by atoms with Crippen LogP contribution in [0, 0.1) is 6.92 Å². The van der Waals surface area contributed by atoms with Crippen LogP contribution in [0.1, 0.15) is 21.7 Å². The molecule has 0 atom stereocenters. The summed E-state index contributed by atoms with van der Waals surface area (Å²) < 4.78 is 5.34. The second kappa shape index (κ2) is 7.19. The van der Waals surface area contributed by atoms with Gasteiger partial charge in [0.15, 0.2) is 0 Å². The van der Waals surface area contributed by atoms with Gasteiger partial charge in [0.05, 0.1) is 13.2 Å². The van der Waals surface area contributed by atoms with Crippen molar-refractivity contribution in [1.82, 2.24) is 15.3 Å². The summed E-state index contributed by atoms with van der Waals surface area (Å²) in [4.78, 5) is 23.3. The lowest BCUT2D eigenvalue weighted by Crippen LogP contribution is -2.38. The SMILES string of the molecule is Cc1cc(C(=O)NCc2ccccc2)nc(N2CCOCC2)n1. The van der Waals surface area contributed by atoms with Crippen molar-refractivity contribution >= 4 is 11.9 Å². The third-order valence-corrected chi connectivity index (χ3v) is 3.66. The maximum absolute atomic E-state index is 12.4. The number of nitrogens with one attached hydrogen (secondary N) is 1. The molecule has 0 radical (unpaired) electrons. The van der Waals surface area contributed by atoms with Gasteiger partial charge in [0.1, 0.15) is 5.69 Å². The monoisotopic (exact) mass is 312 g/mol. The second-order valence-corrected chi connectivity index (χ2v) is 5.46. The van der Waals surface area contributed by atoms with E-state index in [1.165, 1.54) is 0 Å². The molecule has 1 aromatic heterocycles. The van der Waals surface area contributed by atoms with Gasteiger partial charge < -0.3 is 15.0 Å². The normalized spacial score (nSPS) is 14.6. The molecule has 0 aliphatic carbocycles. The number of amides is 1. The molecule has 1 fully saturated rings. The molecular weight excluding hydrogens is 292 g/mol. The van der Waals surface area contributed by atoms with Crippen molar-refractivity contribution in [2.24, 2.45) is 0 Å². The quantitative estimate of drug-likeness (QED) is 0.928. The van der Waals surface area contributed by atoms with Crippen molar-refractivity contribution in [1.29, 1.82) is 0 Å². The van der Waals surface area contributed by atoms with Crippen molar-refractivity contribution < 1.29 is 9.53 Å². The molecule has 0 spiro atoms. The number of anilines is 1. The van der Waals surface area contributed by atoms with E-state index in [0.29, 0.717) is 31.4 Å². The Hall–Kier alpha value is -2.47. The van der Waals surface area contributed by atoms with E-state index in [4.69, 9.17) is 4.74 Å². The Morgan fingerprint density at radius 1 is 1.22 bits per heavy atom. The predicted molar refractivity (Wildman–Crippen MR) is 87.4 cm³/mol. The topological polar surface area (TPSA) is 67.4 Å². The molecule has 120 valence electrons. The van der Waals surface area contributed by atoms with Gasteiger partial charge >= 0.3 is 0 Å². The molecule has 1 saturated heterocycles. The van der Waals surface area contributed by atoms with Gasteiger partial charge in [-0.05, 0) is 18.6 Å². The molecule has 6 heteroatoms. The zero-order valence-corrected chi connectivity index (χ0v) is 13.2. The first-order valence-corrected chi connectivity index (χ1v) is 7.73. The number of nitrogens with zero attached hydrogens (tertiary/aromatic N) is 3. The molecule has 2 aromatic rings. The molecule has 1 aromatic carbocycles. The minimum absolute atomic E-state index is 0.186. The molecule has 0 bridgehead atoms. The zero-order valence-electron chi connectivity index (χ0n) is 13.2. The van der Waals surface area contributed by atoms with Gasteiger partial charge in [-0.15, -0.1) is 0 Å². The van der Waals surface area contributed by atoms with Crippen LogP contribution in [0.4, 0.5) is 5.95 Å². The average Bonchev–Trinajstić information content (AvgIpc) is 2.61. The molecule has 3 rings (SSSR count). The Kier molecular flexibility index (Phi) is 4.83. The number of morpholine rings is 1. The second-order valence-electron chi connectivity index (χ2n) is 5.46. The van der Waals surface area contributed by atoms with Gasteiger partial charge in [0, 0.05) is 25.3 Å². The highest BCUT2D eigenvalue weighted by molar-refractivity contribution is 5.92. The van der Waals surface area contributed by atoms with E-state index in [1.807, 2.05) is 42.2 Å². The van der Waals surface area contributed by atoms with Gasteiger partial charge in [-0.3, -0.25) is 4.79 Å². The van der Waals surface area contributed by atoms with E-state index in [1.54, 1.807) is 6.07 Å². The summed E-state index contributed by atoms with van der Waals surface area (Å²) in [5.74, 6) is 0.409. The molecule has 23 heavy (non-hydrogen) atoms. The smallest absolute Gasteiger partial charge is 0.270 e. The van der Waals surface area contributed by atoms with Gasteiger partial charge in [-0.1, -0.05) is 30.3 Å². The Morgan fingerprint density at radius 3 is 2.70 bits per heavy atom. The summed E-state index contributed by atoms with van der Waals surface area (Å²) in [6.45, 7) is 5.16. The number of ether oxygens (including phenoxy) is 1. The standard InChI is InChI=1S/C17H20N4O2/c1-13-11-15(16(22)18-12-14-5-3-2-4-6-14)20-17(19-13)21-7-9-23-10-8-21/h2-6,11H,7-10,12H2,1H3,(H,18,22). The first-order valence-electron chi connectivity index (χ1n) is 7.73. The number of carbonyl (C=O) groups is 1. The highest BCUT2D eigenvalue weighted by atomic mass is 16.5. The number of benzene rings is 1. The molecule has 1 N–H and O–H groups in total. The summed E-state index contributed by atoms with van der Waals surface area (Å²) in [5, 5.41) is 2.90. The van der Waals surface area contributed by atoms with E-state index in [-0.39, 0.29) is 5.91 Å². The summed E-state index contributed by atoms with van der Waals surface area (Å²) in [6, 6.07) is 11.5. The van der Waals surface area contributed by atoms with Crippen LogP contribution in [0.25, 0.3) is 0 Å². The number of hydrogen-bond acceptors (Lipinski definition) is 5. The number of aromatic nitrogens is 2. The Morgan fingerprint density at radius 2 is 1.96 bits per heavy atom.